The minimum atomic E-state index is -0.938. The topological polar surface area (TPSA) is 105 Å². The van der Waals surface area contributed by atoms with Gasteiger partial charge in [-0.25, -0.2) is 9.97 Å². The maximum absolute atomic E-state index is 13.2. The summed E-state index contributed by atoms with van der Waals surface area (Å²) in [5, 5.41) is 12.9. The van der Waals surface area contributed by atoms with Crippen LogP contribution >= 0.6 is 0 Å². The molecule has 8 nitrogen and oxygen atoms in total. The minimum absolute atomic E-state index is 0.0320. The first-order chi connectivity index (χ1) is 16.1. The van der Waals surface area contributed by atoms with Gasteiger partial charge in [0.15, 0.2) is 0 Å². The summed E-state index contributed by atoms with van der Waals surface area (Å²) in [6.07, 6.45) is 6.11. The number of carboxylic acid groups (broad SMARTS) is 1. The van der Waals surface area contributed by atoms with E-state index in [4.69, 9.17) is 9.72 Å². The number of anilines is 1. The highest BCUT2D eigenvalue weighted by atomic mass is 16.5. The number of nitrogens with zero attached hydrogens (tertiary/aromatic N) is 3. The summed E-state index contributed by atoms with van der Waals surface area (Å²) in [5.74, 6) is 0.584. The molecule has 0 aromatic carbocycles. The van der Waals surface area contributed by atoms with Crippen LogP contribution in [0.25, 0.3) is 0 Å². The van der Waals surface area contributed by atoms with E-state index < -0.39 is 12.0 Å². The SMILES string of the molecule is O=C(O)CC(c1ccc2c(n1)OCC2)N1CCC(CCCc2ccc3c(n2)NCCC3)C1=O. The number of hydrogen-bond acceptors (Lipinski definition) is 6. The number of rotatable bonds is 8. The van der Waals surface area contributed by atoms with Gasteiger partial charge in [0.25, 0.3) is 0 Å². The standard InChI is InChI=1S/C25H30N4O4/c30-22(31)15-21(20-9-7-17-11-14-33-24(17)28-20)29-13-10-18(25(29)32)3-1-5-19-8-6-16-4-2-12-26-23(16)27-19/h6-9,18,21H,1-5,10-15H2,(H,26,27)(H,30,31). The molecule has 0 saturated carbocycles. The van der Waals surface area contributed by atoms with Gasteiger partial charge in [0.2, 0.25) is 11.8 Å². The predicted octanol–water partition coefficient (Wildman–Crippen LogP) is 3.16. The van der Waals surface area contributed by atoms with E-state index in [9.17, 15) is 14.7 Å². The lowest BCUT2D eigenvalue weighted by Crippen LogP contribution is -2.33. The van der Waals surface area contributed by atoms with Gasteiger partial charge in [-0.05, 0) is 56.2 Å². The van der Waals surface area contributed by atoms with Crippen LogP contribution in [0.3, 0.4) is 0 Å². The van der Waals surface area contributed by atoms with Crippen LogP contribution in [0.4, 0.5) is 5.82 Å². The number of carbonyl (C=O) groups excluding carboxylic acids is 1. The molecule has 5 rings (SSSR count). The van der Waals surface area contributed by atoms with E-state index in [1.165, 1.54) is 5.56 Å². The molecule has 2 aromatic rings. The van der Waals surface area contributed by atoms with Crippen molar-refractivity contribution in [3.8, 4) is 5.88 Å². The molecular formula is C25H30N4O4. The summed E-state index contributed by atoms with van der Waals surface area (Å²) in [6.45, 7) is 2.12. The van der Waals surface area contributed by atoms with Crippen LogP contribution in [0.2, 0.25) is 0 Å². The van der Waals surface area contributed by atoms with Crippen LogP contribution in [-0.2, 0) is 28.9 Å². The molecule has 3 aliphatic rings. The van der Waals surface area contributed by atoms with Crippen molar-refractivity contribution in [2.24, 2.45) is 5.92 Å². The van der Waals surface area contributed by atoms with Crippen molar-refractivity contribution in [3.63, 3.8) is 0 Å². The normalized spacial score (nSPS) is 20.1. The number of nitrogens with one attached hydrogen (secondary N) is 1. The first kappa shape index (κ1) is 21.7. The van der Waals surface area contributed by atoms with Crippen molar-refractivity contribution in [3.05, 3.63) is 46.8 Å². The summed E-state index contributed by atoms with van der Waals surface area (Å²) in [7, 11) is 0. The number of pyridine rings is 2. The molecule has 2 aromatic heterocycles. The molecule has 1 fully saturated rings. The van der Waals surface area contributed by atoms with Crippen LogP contribution in [0.5, 0.6) is 5.88 Å². The van der Waals surface area contributed by atoms with Crippen molar-refractivity contribution in [2.45, 2.75) is 57.4 Å². The Kier molecular flexibility index (Phi) is 6.15. The number of amides is 1. The molecule has 0 spiro atoms. The third-order valence-corrected chi connectivity index (χ3v) is 6.94. The average molecular weight is 451 g/mol. The molecule has 1 saturated heterocycles. The van der Waals surface area contributed by atoms with Gasteiger partial charge in [-0.2, -0.15) is 0 Å². The Labute approximate surface area is 193 Å². The lowest BCUT2D eigenvalue weighted by Gasteiger charge is -2.27. The Balaban J connectivity index is 1.22. The Morgan fingerprint density at radius 1 is 1.21 bits per heavy atom. The van der Waals surface area contributed by atoms with Gasteiger partial charge < -0.3 is 20.1 Å². The zero-order valence-electron chi connectivity index (χ0n) is 18.8. The van der Waals surface area contributed by atoms with E-state index in [2.05, 4.69) is 22.4 Å². The second-order valence-corrected chi connectivity index (χ2v) is 9.16. The number of carboxylic acids is 1. The number of likely N-dealkylation sites (tertiary alicyclic amines) is 1. The fourth-order valence-electron chi connectivity index (χ4n) is 5.16. The molecule has 33 heavy (non-hydrogen) atoms. The Bertz CT molecular complexity index is 1060. The van der Waals surface area contributed by atoms with Crippen LogP contribution in [-0.4, -0.2) is 51.5 Å². The third kappa shape index (κ3) is 4.65. The highest BCUT2D eigenvalue weighted by Crippen LogP contribution is 2.34. The molecule has 3 aliphatic heterocycles. The van der Waals surface area contributed by atoms with Crippen LogP contribution in [0.15, 0.2) is 24.3 Å². The molecule has 2 atom stereocenters. The van der Waals surface area contributed by atoms with Crippen molar-refractivity contribution < 1.29 is 19.4 Å². The zero-order valence-corrected chi connectivity index (χ0v) is 18.8. The first-order valence-electron chi connectivity index (χ1n) is 12.0. The van der Waals surface area contributed by atoms with Crippen LogP contribution < -0.4 is 10.1 Å². The number of aromatic nitrogens is 2. The first-order valence-corrected chi connectivity index (χ1v) is 12.0. The van der Waals surface area contributed by atoms with Crippen molar-refractivity contribution in [1.29, 1.82) is 0 Å². The van der Waals surface area contributed by atoms with Crippen LogP contribution in [0, 0.1) is 5.92 Å². The van der Waals surface area contributed by atoms with E-state index in [0.717, 1.165) is 68.6 Å². The summed E-state index contributed by atoms with van der Waals surface area (Å²) >= 11 is 0. The molecule has 0 radical (unpaired) electrons. The summed E-state index contributed by atoms with van der Waals surface area (Å²) < 4.78 is 5.56. The number of hydrogen-bond donors (Lipinski definition) is 2. The molecule has 1 amide bonds. The van der Waals surface area contributed by atoms with Crippen molar-refractivity contribution >= 4 is 17.7 Å². The highest BCUT2D eigenvalue weighted by Gasteiger charge is 2.38. The lowest BCUT2D eigenvalue weighted by atomic mass is 9.99. The van der Waals surface area contributed by atoms with Crippen LogP contribution in [0.1, 0.15) is 60.7 Å². The summed E-state index contributed by atoms with van der Waals surface area (Å²) in [6, 6.07) is 7.48. The maximum atomic E-state index is 13.2. The smallest absolute Gasteiger partial charge is 0.305 e. The monoisotopic (exact) mass is 450 g/mol. The number of fused-ring (bicyclic) bond motifs is 2. The lowest BCUT2D eigenvalue weighted by molar-refractivity contribution is -0.140. The number of aliphatic carboxylic acids is 1. The number of ether oxygens (including phenoxy) is 1. The van der Waals surface area contributed by atoms with Gasteiger partial charge in [-0.1, -0.05) is 12.1 Å². The molecule has 8 heteroatoms. The Hall–Kier alpha value is -3.16. The van der Waals surface area contributed by atoms with Gasteiger partial charge in [0, 0.05) is 36.7 Å². The van der Waals surface area contributed by atoms with Gasteiger partial charge in [0.05, 0.1) is 24.8 Å². The van der Waals surface area contributed by atoms with Gasteiger partial charge in [0.1, 0.15) is 5.82 Å². The average Bonchev–Trinajstić information content (AvgIpc) is 3.43. The highest BCUT2D eigenvalue weighted by molar-refractivity contribution is 5.82. The minimum Gasteiger partial charge on any atom is -0.481 e. The van der Waals surface area contributed by atoms with E-state index in [1.807, 2.05) is 12.1 Å². The second-order valence-electron chi connectivity index (χ2n) is 9.16. The van der Waals surface area contributed by atoms with Gasteiger partial charge in [-0.3, -0.25) is 9.59 Å². The summed E-state index contributed by atoms with van der Waals surface area (Å²) in [5.41, 5.74) is 3.96. The van der Waals surface area contributed by atoms with Gasteiger partial charge in [-0.15, -0.1) is 0 Å². The van der Waals surface area contributed by atoms with E-state index in [-0.39, 0.29) is 18.2 Å². The van der Waals surface area contributed by atoms with Gasteiger partial charge >= 0.3 is 5.97 Å². The number of aryl methyl sites for hydroxylation is 2. The zero-order chi connectivity index (χ0) is 22.8. The Morgan fingerprint density at radius 3 is 2.97 bits per heavy atom. The van der Waals surface area contributed by atoms with Crippen molar-refractivity contribution in [1.82, 2.24) is 14.9 Å². The molecule has 0 aliphatic carbocycles. The van der Waals surface area contributed by atoms with E-state index in [1.54, 1.807) is 4.90 Å². The quantitative estimate of drug-likeness (QED) is 0.637. The predicted molar refractivity (Wildman–Crippen MR) is 122 cm³/mol. The molecule has 5 heterocycles. The van der Waals surface area contributed by atoms with E-state index >= 15 is 0 Å². The molecule has 174 valence electrons. The van der Waals surface area contributed by atoms with Crippen molar-refractivity contribution in [2.75, 3.05) is 25.0 Å². The fraction of sp³-hybridized carbons (Fsp3) is 0.520. The maximum Gasteiger partial charge on any atom is 0.305 e. The second kappa shape index (κ2) is 9.37. The largest absolute Gasteiger partial charge is 0.481 e. The number of carbonyl (C=O) groups is 2. The molecular weight excluding hydrogens is 420 g/mol. The molecule has 2 unspecified atom stereocenters. The molecule has 2 N–H and O–H groups in total. The van der Waals surface area contributed by atoms with E-state index in [0.29, 0.717) is 24.7 Å². The Morgan fingerprint density at radius 2 is 2.09 bits per heavy atom. The molecule has 0 bridgehead atoms. The third-order valence-electron chi connectivity index (χ3n) is 6.94. The summed E-state index contributed by atoms with van der Waals surface area (Å²) in [4.78, 5) is 35.8. The fourth-order valence-corrected chi connectivity index (χ4v) is 5.16.